The number of rotatable bonds is 5. The maximum absolute atomic E-state index is 13.1. The van der Waals surface area contributed by atoms with Crippen molar-refractivity contribution < 1.29 is 9.59 Å². The van der Waals surface area contributed by atoms with Crippen LogP contribution in [0.5, 0.6) is 0 Å². The Morgan fingerprint density at radius 1 is 1.03 bits per heavy atom. The number of hydrogen-bond donors (Lipinski definition) is 0. The minimum atomic E-state index is -0.172. The number of Topliss-reactive ketones (excluding diaryl/α,β-unsaturated/α-hetero) is 1. The summed E-state index contributed by atoms with van der Waals surface area (Å²) in [5.41, 5.74) is 5.17. The molecule has 0 radical (unpaired) electrons. The Kier molecular flexibility index (Phi) is 5.47. The van der Waals surface area contributed by atoms with Gasteiger partial charge in [0.15, 0.2) is 5.78 Å². The first-order chi connectivity index (χ1) is 14.1. The smallest absolute Gasteiger partial charge is 0.223 e. The SMILES string of the molecule is Cc1ccc2c(c1)CCN(C(=O)CCC(=O)c1cccnc1)C2c1cccnc1. The number of ketones is 1. The van der Waals surface area contributed by atoms with Crippen LogP contribution in [0.3, 0.4) is 0 Å². The van der Waals surface area contributed by atoms with E-state index in [2.05, 4.69) is 35.1 Å². The summed E-state index contributed by atoms with van der Waals surface area (Å²) < 4.78 is 0. The van der Waals surface area contributed by atoms with Crippen molar-refractivity contribution in [2.24, 2.45) is 0 Å². The largest absolute Gasteiger partial charge is 0.331 e. The van der Waals surface area contributed by atoms with Gasteiger partial charge in [-0.1, -0.05) is 29.8 Å². The van der Waals surface area contributed by atoms with Crippen molar-refractivity contribution >= 4 is 11.7 Å². The van der Waals surface area contributed by atoms with Gasteiger partial charge in [-0.05, 0) is 48.2 Å². The van der Waals surface area contributed by atoms with E-state index in [4.69, 9.17) is 0 Å². The molecule has 29 heavy (non-hydrogen) atoms. The molecule has 5 nitrogen and oxygen atoms in total. The van der Waals surface area contributed by atoms with Crippen LogP contribution in [0.4, 0.5) is 0 Å². The molecule has 0 aliphatic carbocycles. The minimum absolute atomic E-state index is 0.0117. The highest BCUT2D eigenvalue weighted by Crippen LogP contribution is 2.35. The summed E-state index contributed by atoms with van der Waals surface area (Å²) in [6.07, 6.45) is 7.92. The number of amides is 1. The lowest BCUT2D eigenvalue weighted by Crippen LogP contribution is -2.40. The molecule has 146 valence electrons. The molecule has 0 saturated carbocycles. The van der Waals surface area contributed by atoms with Crippen molar-refractivity contribution in [2.75, 3.05) is 6.54 Å². The van der Waals surface area contributed by atoms with Crippen molar-refractivity contribution in [1.29, 1.82) is 0 Å². The van der Waals surface area contributed by atoms with E-state index in [1.54, 1.807) is 30.7 Å². The zero-order chi connectivity index (χ0) is 20.2. The number of pyridine rings is 2. The van der Waals surface area contributed by atoms with Gasteiger partial charge in [-0.25, -0.2) is 0 Å². The summed E-state index contributed by atoms with van der Waals surface area (Å²) in [4.78, 5) is 35.7. The summed E-state index contributed by atoms with van der Waals surface area (Å²) in [5.74, 6) is -0.0697. The van der Waals surface area contributed by atoms with Crippen LogP contribution in [0.25, 0.3) is 0 Å². The second-order valence-electron chi connectivity index (χ2n) is 7.39. The fourth-order valence-electron chi connectivity index (χ4n) is 3.96. The predicted molar refractivity (Wildman–Crippen MR) is 110 cm³/mol. The molecule has 1 aromatic carbocycles. The number of benzene rings is 1. The molecule has 1 aliphatic heterocycles. The number of fused-ring (bicyclic) bond motifs is 1. The zero-order valence-electron chi connectivity index (χ0n) is 16.4. The number of carbonyl (C=O) groups excluding carboxylic acids is 2. The van der Waals surface area contributed by atoms with E-state index in [1.165, 1.54) is 11.1 Å². The normalized spacial score (nSPS) is 15.6. The Hall–Kier alpha value is -3.34. The van der Waals surface area contributed by atoms with E-state index in [0.717, 1.165) is 17.5 Å². The molecule has 4 rings (SSSR count). The van der Waals surface area contributed by atoms with Crippen molar-refractivity contribution in [1.82, 2.24) is 14.9 Å². The van der Waals surface area contributed by atoms with Gasteiger partial charge in [-0.3, -0.25) is 19.6 Å². The minimum Gasteiger partial charge on any atom is -0.331 e. The van der Waals surface area contributed by atoms with Gasteiger partial charge in [0, 0.05) is 49.7 Å². The summed E-state index contributed by atoms with van der Waals surface area (Å²) in [6, 6.07) is 13.6. The molecule has 3 heterocycles. The highest BCUT2D eigenvalue weighted by Gasteiger charge is 2.32. The quantitative estimate of drug-likeness (QED) is 0.625. The monoisotopic (exact) mass is 385 g/mol. The second-order valence-corrected chi connectivity index (χ2v) is 7.39. The molecule has 2 aromatic heterocycles. The van der Waals surface area contributed by atoms with Gasteiger partial charge in [0.1, 0.15) is 0 Å². The Morgan fingerprint density at radius 2 is 1.83 bits per heavy atom. The number of aromatic nitrogens is 2. The molecule has 5 heteroatoms. The fraction of sp³-hybridized carbons (Fsp3) is 0.250. The lowest BCUT2D eigenvalue weighted by Gasteiger charge is -2.38. The molecule has 0 fully saturated rings. The molecular weight excluding hydrogens is 362 g/mol. The zero-order valence-corrected chi connectivity index (χ0v) is 16.4. The summed E-state index contributed by atoms with van der Waals surface area (Å²) in [6.45, 7) is 2.72. The first-order valence-electron chi connectivity index (χ1n) is 9.85. The highest BCUT2D eigenvalue weighted by atomic mass is 16.2. The molecule has 0 bridgehead atoms. The molecule has 1 atom stereocenters. The molecule has 0 N–H and O–H groups in total. The Balaban J connectivity index is 1.57. The van der Waals surface area contributed by atoms with Crippen molar-refractivity contribution in [3.05, 3.63) is 95.1 Å². The first-order valence-corrected chi connectivity index (χ1v) is 9.85. The predicted octanol–water partition coefficient (Wildman–Crippen LogP) is 3.92. The van der Waals surface area contributed by atoms with E-state index in [1.807, 2.05) is 23.2 Å². The molecule has 0 spiro atoms. The van der Waals surface area contributed by atoms with Crippen LogP contribution < -0.4 is 0 Å². The van der Waals surface area contributed by atoms with Crippen molar-refractivity contribution in [3.8, 4) is 0 Å². The van der Waals surface area contributed by atoms with E-state index in [-0.39, 0.29) is 30.6 Å². The highest BCUT2D eigenvalue weighted by molar-refractivity contribution is 5.97. The van der Waals surface area contributed by atoms with Crippen LogP contribution in [-0.4, -0.2) is 33.1 Å². The van der Waals surface area contributed by atoms with Crippen LogP contribution in [0.1, 0.15) is 51.5 Å². The molecular formula is C24H23N3O2. The molecule has 1 amide bonds. The third-order valence-electron chi connectivity index (χ3n) is 5.40. The lowest BCUT2D eigenvalue weighted by molar-refractivity contribution is -0.133. The lowest BCUT2D eigenvalue weighted by atomic mass is 9.87. The van der Waals surface area contributed by atoms with Crippen LogP contribution in [0.2, 0.25) is 0 Å². The van der Waals surface area contributed by atoms with Gasteiger partial charge in [-0.2, -0.15) is 0 Å². The van der Waals surface area contributed by atoms with E-state index < -0.39 is 0 Å². The van der Waals surface area contributed by atoms with Crippen LogP contribution in [0.15, 0.2) is 67.3 Å². The standard InChI is InChI=1S/C24H23N3O2/c1-17-6-7-21-18(14-17)10-13-27(24(21)20-5-3-12-26-16-20)23(29)9-8-22(28)19-4-2-11-25-15-19/h2-7,11-12,14-16,24H,8-10,13H2,1H3. The maximum Gasteiger partial charge on any atom is 0.223 e. The average molecular weight is 385 g/mol. The van der Waals surface area contributed by atoms with Gasteiger partial charge < -0.3 is 4.90 Å². The van der Waals surface area contributed by atoms with Gasteiger partial charge in [0.05, 0.1) is 6.04 Å². The number of aryl methyl sites for hydroxylation is 1. The summed E-state index contributed by atoms with van der Waals surface area (Å²) >= 11 is 0. The molecule has 3 aromatic rings. The van der Waals surface area contributed by atoms with E-state index >= 15 is 0 Å². The van der Waals surface area contributed by atoms with E-state index in [9.17, 15) is 9.59 Å². The van der Waals surface area contributed by atoms with Crippen molar-refractivity contribution in [2.45, 2.75) is 32.2 Å². The molecule has 1 aliphatic rings. The summed E-state index contributed by atoms with van der Waals surface area (Å²) in [7, 11) is 0. The van der Waals surface area contributed by atoms with Gasteiger partial charge in [0.2, 0.25) is 5.91 Å². The molecule has 1 unspecified atom stereocenters. The number of nitrogens with zero attached hydrogens (tertiary/aromatic N) is 3. The first kappa shape index (κ1) is 19.0. The Morgan fingerprint density at radius 3 is 2.55 bits per heavy atom. The van der Waals surface area contributed by atoms with Gasteiger partial charge in [0.25, 0.3) is 0 Å². The van der Waals surface area contributed by atoms with Gasteiger partial charge >= 0.3 is 0 Å². The maximum atomic E-state index is 13.1. The Bertz CT molecular complexity index is 1020. The van der Waals surface area contributed by atoms with Crippen molar-refractivity contribution in [3.63, 3.8) is 0 Å². The van der Waals surface area contributed by atoms with Crippen LogP contribution >= 0.6 is 0 Å². The van der Waals surface area contributed by atoms with E-state index in [0.29, 0.717) is 12.1 Å². The van der Waals surface area contributed by atoms with Crippen LogP contribution in [-0.2, 0) is 11.2 Å². The number of hydrogen-bond acceptors (Lipinski definition) is 4. The fourth-order valence-corrected chi connectivity index (χ4v) is 3.96. The van der Waals surface area contributed by atoms with Crippen LogP contribution in [0, 0.1) is 6.92 Å². The summed E-state index contributed by atoms with van der Waals surface area (Å²) in [5, 5.41) is 0. The third-order valence-corrected chi connectivity index (χ3v) is 5.40. The number of carbonyl (C=O) groups is 2. The topological polar surface area (TPSA) is 63.2 Å². The molecule has 0 saturated heterocycles. The van der Waals surface area contributed by atoms with Gasteiger partial charge in [-0.15, -0.1) is 0 Å². The second kappa shape index (κ2) is 8.35. The average Bonchev–Trinajstić information content (AvgIpc) is 2.77. The Labute approximate surface area is 170 Å². The third kappa shape index (κ3) is 4.09.